The number of aryl methyl sites for hydroxylation is 1. The Hall–Kier alpha value is -1.76. The van der Waals surface area contributed by atoms with Crippen LogP contribution in [0.2, 0.25) is 5.02 Å². The average molecular weight is 651 g/mol. The third-order valence-electron chi connectivity index (χ3n) is 6.63. The molecule has 0 radical (unpaired) electrons. The van der Waals surface area contributed by atoms with Crippen LogP contribution in [0.4, 0.5) is 8.78 Å². The summed E-state index contributed by atoms with van der Waals surface area (Å²) in [4.78, 5) is 34.7. The van der Waals surface area contributed by atoms with Gasteiger partial charge in [-0.05, 0) is 31.9 Å². The lowest BCUT2D eigenvalue weighted by Gasteiger charge is -2.38. The Morgan fingerprint density at radius 2 is 1.86 bits per heavy atom. The Kier molecular flexibility index (Phi) is 10.4. The zero-order valence-corrected chi connectivity index (χ0v) is 24.1. The molecule has 0 bridgehead atoms. The molecule has 204 valence electrons. The molecule has 1 aliphatic rings. The molecule has 2 aromatic rings. The minimum absolute atomic E-state index is 0.128. The van der Waals surface area contributed by atoms with Crippen molar-refractivity contribution in [2.75, 3.05) is 32.7 Å². The fraction of sp³-hybridized carbons (Fsp3) is 0.538. The number of rotatable bonds is 11. The summed E-state index contributed by atoms with van der Waals surface area (Å²) in [5.74, 6) is 0.0849. The first-order chi connectivity index (χ1) is 17.4. The molecule has 1 aromatic carbocycles. The Labute approximate surface area is 231 Å². The smallest absolute Gasteiger partial charge is 0.291 e. The highest BCUT2D eigenvalue weighted by atomic mass is 127. The van der Waals surface area contributed by atoms with Gasteiger partial charge in [0.1, 0.15) is 12.4 Å². The summed E-state index contributed by atoms with van der Waals surface area (Å²) in [7, 11) is 0. The molecular formula is C26H34ClF2IN4O3. The van der Waals surface area contributed by atoms with Crippen molar-refractivity contribution < 1.29 is 18.7 Å². The number of amides is 1. The van der Waals surface area contributed by atoms with Crippen molar-refractivity contribution in [3.05, 3.63) is 51.5 Å². The SMILES string of the molecule is C=IC(F)(F)CCCc1nc(-c2ccc(Cl)cc2)cc(=O)n1CC(=O)N1CCN(C[C@](C)(O)CC)CC1. The second kappa shape index (κ2) is 12.9. The molecule has 2 heterocycles. The van der Waals surface area contributed by atoms with E-state index in [1.165, 1.54) is 10.6 Å². The predicted molar refractivity (Wildman–Crippen MR) is 152 cm³/mol. The molecule has 1 fully saturated rings. The first kappa shape index (κ1) is 29.8. The topological polar surface area (TPSA) is 78.7 Å². The van der Waals surface area contributed by atoms with Crippen molar-refractivity contribution in [2.24, 2.45) is 0 Å². The largest absolute Gasteiger partial charge is 0.389 e. The number of hydrogen-bond donors (Lipinski definition) is 1. The molecule has 1 atom stereocenters. The van der Waals surface area contributed by atoms with Crippen LogP contribution in [0.1, 0.15) is 38.9 Å². The van der Waals surface area contributed by atoms with Crippen LogP contribution in [0.3, 0.4) is 0 Å². The summed E-state index contributed by atoms with van der Waals surface area (Å²) in [5, 5.41) is 10.9. The summed E-state index contributed by atoms with van der Waals surface area (Å²) in [6, 6.07) is 8.21. The number of alkyl halides is 3. The van der Waals surface area contributed by atoms with Crippen LogP contribution in [-0.4, -0.2) is 77.1 Å². The van der Waals surface area contributed by atoms with E-state index in [-0.39, 0.29) is 31.7 Å². The number of carbonyl (C=O) groups is 1. The second-order valence-electron chi connectivity index (χ2n) is 9.60. The summed E-state index contributed by atoms with van der Waals surface area (Å²) in [6.45, 7) is 6.29. The van der Waals surface area contributed by atoms with Crippen molar-refractivity contribution in [3.63, 3.8) is 0 Å². The molecule has 11 heteroatoms. The van der Waals surface area contributed by atoms with E-state index in [1.54, 1.807) is 36.1 Å². The highest BCUT2D eigenvalue weighted by Crippen LogP contribution is 2.32. The van der Waals surface area contributed by atoms with E-state index in [9.17, 15) is 23.5 Å². The maximum atomic E-state index is 13.8. The summed E-state index contributed by atoms with van der Waals surface area (Å²) in [6.07, 6.45) is 0.577. The molecular weight excluding hydrogens is 617 g/mol. The molecule has 1 saturated heterocycles. The highest BCUT2D eigenvalue weighted by molar-refractivity contribution is 14.2. The van der Waals surface area contributed by atoms with Crippen LogP contribution >= 0.6 is 32.3 Å². The van der Waals surface area contributed by atoms with Gasteiger partial charge in [0.15, 0.2) is 0 Å². The van der Waals surface area contributed by atoms with E-state index in [1.807, 2.05) is 6.92 Å². The highest BCUT2D eigenvalue weighted by Gasteiger charge is 2.28. The van der Waals surface area contributed by atoms with E-state index in [0.717, 1.165) is 0 Å². The number of piperazine rings is 1. The fourth-order valence-corrected chi connectivity index (χ4v) is 5.07. The Balaban J connectivity index is 1.77. The number of halogens is 4. The second-order valence-corrected chi connectivity index (χ2v) is 12.4. The van der Waals surface area contributed by atoms with E-state index < -0.39 is 35.8 Å². The lowest BCUT2D eigenvalue weighted by atomic mass is 10.0. The summed E-state index contributed by atoms with van der Waals surface area (Å²) in [5.41, 5.74) is -0.0989. The minimum atomic E-state index is -2.78. The van der Waals surface area contributed by atoms with Gasteiger partial charge in [0.2, 0.25) is 5.91 Å². The lowest BCUT2D eigenvalue weighted by Crippen LogP contribution is -2.53. The maximum Gasteiger partial charge on any atom is 0.291 e. The first-order valence-corrected chi connectivity index (χ1v) is 15.3. The Bertz CT molecular complexity index is 1150. The third kappa shape index (κ3) is 8.62. The average Bonchev–Trinajstić information content (AvgIpc) is 2.86. The summed E-state index contributed by atoms with van der Waals surface area (Å²) >= 11 is 4.49. The van der Waals surface area contributed by atoms with Crippen LogP contribution in [0.5, 0.6) is 0 Å². The first-order valence-electron chi connectivity index (χ1n) is 12.3. The van der Waals surface area contributed by atoms with Gasteiger partial charge in [-0.1, -0.05) is 55.9 Å². The van der Waals surface area contributed by atoms with Crippen LogP contribution in [0, 0.1) is 0 Å². The van der Waals surface area contributed by atoms with Gasteiger partial charge in [-0.15, -0.1) is 0 Å². The minimum Gasteiger partial charge on any atom is -0.389 e. The number of carbonyl (C=O) groups excluding carboxylic acids is 1. The number of benzene rings is 1. The predicted octanol–water partition coefficient (Wildman–Crippen LogP) is 4.19. The summed E-state index contributed by atoms with van der Waals surface area (Å²) < 4.78 is 29.6. The molecule has 37 heavy (non-hydrogen) atoms. The monoisotopic (exact) mass is 650 g/mol. The zero-order valence-electron chi connectivity index (χ0n) is 21.2. The van der Waals surface area contributed by atoms with Gasteiger partial charge in [0.05, 0.1) is 11.3 Å². The van der Waals surface area contributed by atoms with Gasteiger partial charge in [0.25, 0.3) is 9.49 Å². The molecule has 0 aliphatic carbocycles. The standard InChI is InChI=1S/C26H34ClF2IN4O3/c1-4-25(2,37)18-32-12-14-33(15-13-32)24(36)17-34-22(6-5-11-26(28,29)30-3)31-21(16-23(34)35)19-7-9-20(27)10-8-19/h7-10,16,37H,3-6,11-15,17-18H2,1-2H3/t25-/m1/s1. The van der Waals surface area contributed by atoms with Gasteiger partial charge in [-0.3, -0.25) is 19.1 Å². The fourth-order valence-electron chi connectivity index (χ4n) is 4.18. The van der Waals surface area contributed by atoms with Gasteiger partial charge < -0.3 is 10.0 Å². The number of β-amino-alcohol motifs (C(OH)–C–C–N with tert-alkyl or cyclic N) is 1. The molecule has 1 N–H and O–H groups in total. The van der Waals surface area contributed by atoms with Crippen molar-refractivity contribution in [1.29, 1.82) is 0 Å². The van der Waals surface area contributed by atoms with Gasteiger partial charge in [-0.25, -0.2) is 4.98 Å². The van der Waals surface area contributed by atoms with Crippen LogP contribution in [-0.2, 0) is 17.8 Å². The van der Waals surface area contributed by atoms with E-state index >= 15 is 0 Å². The maximum absolute atomic E-state index is 13.8. The molecule has 1 aromatic heterocycles. The lowest BCUT2D eigenvalue weighted by molar-refractivity contribution is -0.134. The number of aliphatic hydroxyl groups is 1. The zero-order chi connectivity index (χ0) is 27.2. The van der Waals surface area contributed by atoms with E-state index in [0.29, 0.717) is 61.2 Å². The van der Waals surface area contributed by atoms with Crippen LogP contribution < -0.4 is 5.56 Å². The van der Waals surface area contributed by atoms with Gasteiger partial charge in [-0.2, -0.15) is 8.78 Å². The van der Waals surface area contributed by atoms with E-state index in [4.69, 9.17) is 11.6 Å². The molecule has 1 aliphatic heterocycles. The quantitative estimate of drug-likeness (QED) is 0.292. The van der Waals surface area contributed by atoms with Crippen molar-refractivity contribution in [2.45, 2.75) is 55.6 Å². The third-order valence-corrected chi connectivity index (χ3v) is 8.54. The number of nitrogens with zero attached hydrogens (tertiary/aromatic N) is 4. The van der Waals surface area contributed by atoms with Crippen molar-refractivity contribution in [3.8, 4) is 11.3 Å². The Morgan fingerprint density at radius 1 is 1.22 bits per heavy atom. The normalized spacial score (nSPS) is 16.5. The van der Waals surface area contributed by atoms with Crippen molar-refractivity contribution >= 4 is 42.8 Å². The van der Waals surface area contributed by atoms with Crippen LogP contribution in [0.15, 0.2) is 35.1 Å². The van der Waals surface area contributed by atoms with E-state index in [2.05, 4.69) is 14.4 Å². The van der Waals surface area contributed by atoms with Gasteiger partial charge in [0, 0.05) is 62.2 Å². The molecule has 1 amide bonds. The van der Waals surface area contributed by atoms with Crippen molar-refractivity contribution in [1.82, 2.24) is 19.4 Å². The number of hydrogen-bond acceptors (Lipinski definition) is 5. The van der Waals surface area contributed by atoms with Gasteiger partial charge >= 0.3 is 0 Å². The molecule has 3 rings (SSSR count). The Morgan fingerprint density at radius 3 is 2.46 bits per heavy atom. The van der Waals surface area contributed by atoms with Crippen LogP contribution in [0.25, 0.3) is 11.3 Å². The molecule has 0 unspecified atom stereocenters. The molecule has 7 nitrogen and oxygen atoms in total. The molecule has 0 spiro atoms. The number of aromatic nitrogens is 2. The molecule has 0 saturated carbocycles.